The Kier molecular flexibility index (Phi) is 11.4. The van der Waals surface area contributed by atoms with Gasteiger partial charge in [-0.1, -0.05) is 35.9 Å². The van der Waals surface area contributed by atoms with Crippen LogP contribution in [0.15, 0.2) is 60.7 Å². The first-order chi connectivity index (χ1) is 21.7. The molecule has 1 atom stereocenters. The van der Waals surface area contributed by atoms with Gasteiger partial charge in [-0.25, -0.2) is 4.39 Å². The zero-order valence-electron chi connectivity index (χ0n) is 26.9. The molecule has 242 valence electrons. The molecule has 2 N–H and O–H groups in total. The van der Waals surface area contributed by atoms with E-state index in [0.29, 0.717) is 50.6 Å². The second-order valence-electron chi connectivity index (χ2n) is 12.5. The second-order valence-corrected chi connectivity index (χ2v) is 12.9. The summed E-state index contributed by atoms with van der Waals surface area (Å²) in [7, 11) is 4.11. The van der Waals surface area contributed by atoms with Crippen molar-refractivity contribution in [3.8, 4) is 16.9 Å². The van der Waals surface area contributed by atoms with Crippen LogP contribution in [0, 0.1) is 11.7 Å². The normalized spacial score (nSPS) is 17.3. The molecule has 0 aliphatic carbocycles. The van der Waals surface area contributed by atoms with E-state index in [0.717, 1.165) is 43.9 Å². The van der Waals surface area contributed by atoms with Gasteiger partial charge >= 0.3 is 0 Å². The number of piperazine rings is 1. The van der Waals surface area contributed by atoms with Crippen LogP contribution in [0.3, 0.4) is 0 Å². The van der Waals surface area contributed by atoms with E-state index in [4.69, 9.17) is 22.1 Å². The van der Waals surface area contributed by atoms with E-state index >= 15 is 0 Å². The molecule has 2 aliphatic rings. The Morgan fingerprint density at radius 1 is 1.00 bits per heavy atom. The zero-order chi connectivity index (χ0) is 31.9. The zero-order valence-corrected chi connectivity index (χ0v) is 27.6. The predicted octanol–water partition coefficient (Wildman–Crippen LogP) is 5.54. The van der Waals surface area contributed by atoms with Gasteiger partial charge in [0.15, 0.2) is 0 Å². The summed E-state index contributed by atoms with van der Waals surface area (Å²) in [5.41, 5.74) is 12.0. The number of ether oxygens (including phenoxy) is 1. The first-order valence-electron chi connectivity index (χ1n) is 16.2. The largest absolute Gasteiger partial charge is 0.493 e. The Balaban J connectivity index is 1.10. The van der Waals surface area contributed by atoms with Crippen LogP contribution >= 0.6 is 11.6 Å². The van der Waals surface area contributed by atoms with Gasteiger partial charge in [-0.3, -0.25) is 9.69 Å². The van der Waals surface area contributed by atoms with Crippen LogP contribution < -0.4 is 15.4 Å². The molecule has 1 amide bonds. The third-order valence-corrected chi connectivity index (χ3v) is 9.54. The summed E-state index contributed by atoms with van der Waals surface area (Å²) in [5.74, 6) is 0.551. The molecule has 3 aromatic rings. The molecule has 0 aromatic heterocycles. The lowest BCUT2D eigenvalue weighted by molar-refractivity contribution is -0.136. The maximum atomic E-state index is 14.6. The Morgan fingerprint density at radius 2 is 1.73 bits per heavy atom. The monoisotopic (exact) mass is 635 g/mol. The van der Waals surface area contributed by atoms with Crippen LogP contribution in [0.2, 0.25) is 5.02 Å². The van der Waals surface area contributed by atoms with E-state index in [1.54, 1.807) is 6.07 Å². The first kappa shape index (κ1) is 33.2. The van der Waals surface area contributed by atoms with E-state index in [2.05, 4.69) is 65.2 Å². The highest BCUT2D eigenvalue weighted by Gasteiger charge is 2.33. The Morgan fingerprint density at radius 3 is 2.44 bits per heavy atom. The van der Waals surface area contributed by atoms with Gasteiger partial charge in [-0.15, -0.1) is 0 Å². The number of carbonyl (C=O) groups excluding carboxylic acids is 1. The number of benzene rings is 3. The lowest BCUT2D eigenvalue weighted by Crippen LogP contribution is -2.55. The summed E-state index contributed by atoms with van der Waals surface area (Å²) < 4.78 is 20.2. The number of nitrogens with zero attached hydrogens (tertiary/aromatic N) is 4. The number of piperidine rings is 1. The van der Waals surface area contributed by atoms with E-state index in [1.165, 1.54) is 28.4 Å². The van der Waals surface area contributed by atoms with Crippen molar-refractivity contribution >= 4 is 23.2 Å². The smallest absolute Gasteiger partial charge is 0.239 e. The molecule has 5 rings (SSSR count). The number of rotatable bonds is 11. The summed E-state index contributed by atoms with van der Waals surface area (Å²) in [5, 5.41) is 0.754. The molecule has 0 radical (unpaired) electrons. The Hall–Kier alpha value is -3.17. The molecule has 0 spiro atoms. The third kappa shape index (κ3) is 8.36. The van der Waals surface area contributed by atoms with Gasteiger partial charge in [0, 0.05) is 69.6 Å². The number of hydrogen-bond donors (Lipinski definition) is 1. The van der Waals surface area contributed by atoms with E-state index in [-0.39, 0.29) is 17.6 Å². The molecule has 7 nitrogen and oxygen atoms in total. The van der Waals surface area contributed by atoms with Gasteiger partial charge in [-0.05, 0) is 98.3 Å². The molecular formula is C36H47ClFN5O2. The van der Waals surface area contributed by atoms with Gasteiger partial charge in [0.25, 0.3) is 0 Å². The van der Waals surface area contributed by atoms with Crippen LogP contribution in [-0.4, -0.2) is 93.2 Å². The number of halogens is 2. The van der Waals surface area contributed by atoms with Crippen molar-refractivity contribution in [3.05, 3.63) is 82.6 Å². The molecule has 0 unspecified atom stereocenters. The van der Waals surface area contributed by atoms with Crippen molar-refractivity contribution in [1.29, 1.82) is 0 Å². The first-order valence-corrected chi connectivity index (χ1v) is 16.6. The maximum Gasteiger partial charge on any atom is 0.239 e. The number of carbonyl (C=O) groups is 1. The van der Waals surface area contributed by atoms with Crippen LogP contribution in [0.25, 0.3) is 11.1 Å². The Labute approximate surface area is 272 Å². The van der Waals surface area contributed by atoms with Crippen molar-refractivity contribution < 1.29 is 13.9 Å². The molecular weight excluding hydrogens is 589 g/mol. The molecule has 0 saturated carbocycles. The van der Waals surface area contributed by atoms with Crippen molar-refractivity contribution in [2.45, 2.75) is 38.8 Å². The van der Waals surface area contributed by atoms with Gasteiger partial charge in [-0.2, -0.15) is 0 Å². The lowest BCUT2D eigenvalue weighted by atomic mass is 9.88. The SMILES string of the molecule is CCOc1cccc(F)c1CN1CCN(C(=O)[C@H](N)C2CCN(CCc3cc(Cl)ccc3-c3cccc(N(C)C)c3)CC2)CC1. The lowest BCUT2D eigenvalue weighted by Gasteiger charge is -2.39. The fraction of sp³-hybridized carbons (Fsp3) is 0.472. The molecule has 3 aromatic carbocycles. The van der Waals surface area contributed by atoms with Crippen LogP contribution in [0.4, 0.5) is 10.1 Å². The highest BCUT2D eigenvalue weighted by molar-refractivity contribution is 6.30. The predicted molar refractivity (Wildman–Crippen MR) is 181 cm³/mol. The number of nitrogens with two attached hydrogens (primary N) is 1. The number of hydrogen-bond acceptors (Lipinski definition) is 6. The molecule has 2 aliphatic heterocycles. The minimum absolute atomic E-state index is 0.0394. The standard InChI is InChI=1S/C36H47ClFN5O2/c1-4-45-34-10-6-9-33(38)32(34)25-42-19-21-43(22-20-42)36(44)35(39)26-13-16-41(17-14-26)18-15-28-23-29(37)11-12-31(28)27-7-5-8-30(24-27)40(2)3/h5-12,23-24,26,35H,4,13-22,25,39H2,1-3H3/t35-/m1/s1. The summed E-state index contributed by atoms with van der Waals surface area (Å²) in [6, 6.07) is 19.3. The third-order valence-electron chi connectivity index (χ3n) is 9.30. The average Bonchev–Trinajstić information content (AvgIpc) is 3.05. The maximum absolute atomic E-state index is 14.6. The van der Waals surface area contributed by atoms with Crippen molar-refractivity contribution in [1.82, 2.24) is 14.7 Å². The highest BCUT2D eigenvalue weighted by atomic mass is 35.5. The van der Waals surface area contributed by atoms with E-state index in [9.17, 15) is 9.18 Å². The van der Waals surface area contributed by atoms with Crippen molar-refractivity contribution in [2.24, 2.45) is 11.7 Å². The van der Waals surface area contributed by atoms with Crippen LogP contribution in [-0.2, 0) is 17.8 Å². The van der Waals surface area contributed by atoms with Gasteiger partial charge in [0.05, 0.1) is 12.6 Å². The fourth-order valence-corrected chi connectivity index (χ4v) is 6.76. The number of amides is 1. The molecule has 2 saturated heterocycles. The molecule has 2 heterocycles. The minimum atomic E-state index is -0.488. The fourth-order valence-electron chi connectivity index (χ4n) is 6.56. The molecule has 45 heavy (non-hydrogen) atoms. The summed E-state index contributed by atoms with van der Waals surface area (Å²) in [4.78, 5) is 22.1. The highest BCUT2D eigenvalue weighted by Crippen LogP contribution is 2.30. The van der Waals surface area contributed by atoms with E-state index in [1.807, 2.05) is 24.0 Å². The number of likely N-dealkylation sites (tertiary alicyclic amines) is 1. The molecule has 0 bridgehead atoms. The Bertz CT molecular complexity index is 1440. The van der Waals surface area contributed by atoms with Crippen molar-refractivity contribution in [3.63, 3.8) is 0 Å². The average molecular weight is 636 g/mol. The summed E-state index contributed by atoms with van der Waals surface area (Å²) in [6.45, 7) is 8.21. The second kappa shape index (κ2) is 15.4. The minimum Gasteiger partial charge on any atom is -0.493 e. The quantitative estimate of drug-likeness (QED) is 0.299. The topological polar surface area (TPSA) is 65.3 Å². The van der Waals surface area contributed by atoms with Gasteiger partial charge < -0.3 is 25.2 Å². The number of anilines is 1. The van der Waals surface area contributed by atoms with Crippen LogP contribution in [0.1, 0.15) is 30.9 Å². The summed E-state index contributed by atoms with van der Waals surface area (Å²) >= 11 is 6.43. The summed E-state index contributed by atoms with van der Waals surface area (Å²) in [6.07, 6.45) is 2.72. The van der Waals surface area contributed by atoms with Crippen molar-refractivity contribution in [2.75, 3.05) is 71.4 Å². The van der Waals surface area contributed by atoms with Gasteiger partial charge in [0.2, 0.25) is 5.91 Å². The molecule has 2 fully saturated rings. The van der Waals surface area contributed by atoms with Gasteiger partial charge in [0.1, 0.15) is 11.6 Å². The van der Waals surface area contributed by atoms with Crippen LogP contribution in [0.5, 0.6) is 5.75 Å². The molecule has 9 heteroatoms. The van der Waals surface area contributed by atoms with E-state index < -0.39 is 6.04 Å².